The third-order valence-electron chi connectivity index (χ3n) is 3.95. The summed E-state index contributed by atoms with van der Waals surface area (Å²) in [6.45, 7) is 11.0. The molecule has 102 valence electrons. The number of hydrogen-bond acceptors (Lipinski definition) is 2. The lowest BCUT2D eigenvalue weighted by Gasteiger charge is -2.33. The zero-order chi connectivity index (χ0) is 13.1. The first-order valence-corrected chi connectivity index (χ1v) is 7.91. The SMILES string of the molecule is CCn1nc(C)cc1CN1CCC(C(C)Br)CC1. The highest BCUT2D eigenvalue weighted by molar-refractivity contribution is 9.09. The minimum absolute atomic E-state index is 0.656. The van der Waals surface area contributed by atoms with Gasteiger partial charge in [0, 0.05) is 17.9 Å². The van der Waals surface area contributed by atoms with Crippen molar-refractivity contribution in [3.05, 3.63) is 17.5 Å². The van der Waals surface area contributed by atoms with Gasteiger partial charge in [-0.25, -0.2) is 0 Å². The Kier molecular flexibility index (Phi) is 4.84. The van der Waals surface area contributed by atoms with Gasteiger partial charge in [0.2, 0.25) is 0 Å². The molecule has 1 aliphatic heterocycles. The maximum absolute atomic E-state index is 4.52. The number of nitrogens with zero attached hydrogens (tertiary/aromatic N) is 3. The van der Waals surface area contributed by atoms with E-state index in [1.807, 2.05) is 0 Å². The van der Waals surface area contributed by atoms with Gasteiger partial charge in [-0.1, -0.05) is 22.9 Å². The normalized spacial score (nSPS) is 20.2. The monoisotopic (exact) mass is 313 g/mol. The molecule has 0 aromatic carbocycles. The molecule has 1 aliphatic rings. The summed E-state index contributed by atoms with van der Waals surface area (Å²) in [4.78, 5) is 3.22. The molecule has 3 nitrogen and oxygen atoms in total. The van der Waals surface area contributed by atoms with E-state index >= 15 is 0 Å². The molecule has 1 saturated heterocycles. The van der Waals surface area contributed by atoms with Crippen LogP contribution < -0.4 is 0 Å². The first-order valence-electron chi connectivity index (χ1n) is 7.00. The van der Waals surface area contributed by atoms with Crippen molar-refractivity contribution in [2.24, 2.45) is 5.92 Å². The molecule has 2 heterocycles. The van der Waals surface area contributed by atoms with Crippen LogP contribution in [0.15, 0.2) is 6.07 Å². The molecule has 4 heteroatoms. The fourth-order valence-electron chi connectivity index (χ4n) is 2.80. The van der Waals surface area contributed by atoms with Crippen LogP contribution in [-0.2, 0) is 13.1 Å². The van der Waals surface area contributed by atoms with Crippen molar-refractivity contribution in [1.29, 1.82) is 0 Å². The predicted octanol–water partition coefficient (Wildman–Crippen LogP) is 3.21. The summed E-state index contributed by atoms with van der Waals surface area (Å²) >= 11 is 3.72. The number of hydrogen-bond donors (Lipinski definition) is 0. The van der Waals surface area contributed by atoms with Crippen LogP contribution in [0.1, 0.15) is 38.1 Å². The summed E-state index contributed by atoms with van der Waals surface area (Å²) in [6.07, 6.45) is 2.62. The zero-order valence-corrected chi connectivity index (χ0v) is 13.3. The summed E-state index contributed by atoms with van der Waals surface area (Å²) in [5, 5.41) is 4.52. The van der Waals surface area contributed by atoms with E-state index in [0.29, 0.717) is 4.83 Å². The van der Waals surface area contributed by atoms with Crippen molar-refractivity contribution in [2.75, 3.05) is 13.1 Å². The molecule has 18 heavy (non-hydrogen) atoms. The Labute approximate surface area is 119 Å². The van der Waals surface area contributed by atoms with Crippen LogP contribution in [0.3, 0.4) is 0 Å². The smallest absolute Gasteiger partial charge is 0.0597 e. The molecule has 1 atom stereocenters. The Bertz CT molecular complexity index is 378. The molecule has 0 bridgehead atoms. The van der Waals surface area contributed by atoms with Crippen LogP contribution in [0, 0.1) is 12.8 Å². The van der Waals surface area contributed by atoms with Crippen LogP contribution in [-0.4, -0.2) is 32.6 Å². The topological polar surface area (TPSA) is 21.1 Å². The molecular formula is C14H24BrN3. The van der Waals surface area contributed by atoms with Crippen molar-refractivity contribution in [3.63, 3.8) is 0 Å². The quantitative estimate of drug-likeness (QED) is 0.796. The molecule has 0 amide bonds. The minimum atomic E-state index is 0.656. The highest BCUT2D eigenvalue weighted by Gasteiger charge is 2.23. The predicted molar refractivity (Wildman–Crippen MR) is 79.0 cm³/mol. The minimum Gasteiger partial charge on any atom is -0.298 e. The maximum Gasteiger partial charge on any atom is 0.0597 e. The number of rotatable bonds is 4. The zero-order valence-electron chi connectivity index (χ0n) is 11.7. The van der Waals surface area contributed by atoms with E-state index in [0.717, 1.165) is 24.7 Å². The van der Waals surface area contributed by atoms with Crippen LogP contribution in [0.2, 0.25) is 0 Å². The lowest BCUT2D eigenvalue weighted by Crippen LogP contribution is -2.35. The van der Waals surface area contributed by atoms with Crippen LogP contribution >= 0.6 is 15.9 Å². The van der Waals surface area contributed by atoms with E-state index in [1.165, 1.54) is 31.6 Å². The molecule has 0 spiro atoms. The standard InChI is InChI=1S/C14H24BrN3/c1-4-18-14(9-11(2)16-18)10-17-7-5-13(6-8-17)12(3)15/h9,12-13H,4-8,10H2,1-3H3. The Morgan fingerprint density at radius 3 is 2.67 bits per heavy atom. The average molecular weight is 314 g/mol. The fraction of sp³-hybridized carbons (Fsp3) is 0.786. The first kappa shape index (κ1) is 14.1. The van der Waals surface area contributed by atoms with E-state index in [1.54, 1.807) is 0 Å². The molecule has 0 aliphatic carbocycles. The number of likely N-dealkylation sites (tertiary alicyclic amines) is 1. The molecular weight excluding hydrogens is 290 g/mol. The summed E-state index contributed by atoms with van der Waals surface area (Å²) in [5.41, 5.74) is 2.50. The largest absolute Gasteiger partial charge is 0.298 e. The molecule has 0 radical (unpaired) electrons. The van der Waals surface area contributed by atoms with E-state index in [9.17, 15) is 0 Å². The number of aryl methyl sites for hydroxylation is 2. The number of piperidine rings is 1. The van der Waals surface area contributed by atoms with Gasteiger partial charge in [-0.3, -0.25) is 9.58 Å². The van der Waals surface area contributed by atoms with Gasteiger partial charge in [0.15, 0.2) is 0 Å². The van der Waals surface area contributed by atoms with Gasteiger partial charge < -0.3 is 0 Å². The molecule has 1 aromatic heterocycles. The third kappa shape index (κ3) is 3.35. The Morgan fingerprint density at radius 2 is 2.11 bits per heavy atom. The highest BCUT2D eigenvalue weighted by atomic mass is 79.9. The Balaban J connectivity index is 1.91. The molecule has 1 unspecified atom stereocenters. The van der Waals surface area contributed by atoms with Gasteiger partial charge in [0.1, 0.15) is 0 Å². The van der Waals surface area contributed by atoms with Crippen LogP contribution in [0.4, 0.5) is 0 Å². The van der Waals surface area contributed by atoms with Crippen molar-refractivity contribution >= 4 is 15.9 Å². The number of alkyl halides is 1. The first-order chi connectivity index (χ1) is 8.60. The molecule has 0 N–H and O–H groups in total. The van der Waals surface area contributed by atoms with E-state index in [4.69, 9.17) is 0 Å². The van der Waals surface area contributed by atoms with Gasteiger partial charge >= 0.3 is 0 Å². The molecule has 2 rings (SSSR count). The maximum atomic E-state index is 4.52. The summed E-state index contributed by atoms with van der Waals surface area (Å²) in [6, 6.07) is 2.22. The van der Waals surface area contributed by atoms with Gasteiger partial charge in [0.25, 0.3) is 0 Å². The summed E-state index contributed by atoms with van der Waals surface area (Å²) < 4.78 is 2.13. The van der Waals surface area contributed by atoms with Crippen molar-refractivity contribution < 1.29 is 0 Å². The second-order valence-corrected chi connectivity index (χ2v) is 6.83. The number of aromatic nitrogens is 2. The Morgan fingerprint density at radius 1 is 1.44 bits per heavy atom. The van der Waals surface area contributed by atoms with Gasteiger partial charge in [-0.2, -0.15) is 5.10 Å². The van der Waals surface area contributed by atoms with Crippen molar-refractivity contribution in [2.45, 2.75) is 51.5 Å². The Hall–Kier alpha value is -0.350. The molecule has 1 fully saturated rings. The summed E-state index contributed by atoms with van der Waals surface area (Å²) in [7, 11) is 0. The second-order valence-electron chi connectivity index (χ2n) is 5.38. The fourth-order valence-corrected chi connectivity index (χ4v) is 3.33. The third-order valence-corrected chi connectivity index (χ3v) is 4.70. The lowest BCUT2D eigenvalue weighted by atomic mass is 9.94. The average Bonchev–Trinajstić information content (AvgIpc) is 2.70. The van der Waals surface area contributed by atoms with Gasteiger partial charge in [0.05, 0.1) is 11.4 Å². The highest BCUT2D eigenvalue weighted by Crippen LogP contribution is 2.25. The van der Waals surface area contributed by atoms with E-state index in [2.05, 4.69) is 57.4 Å². The van der Waals surface area contributed by atoms with Crippen molar-refractivity contribution in [3.8, 4) is 0 Å². The van der Waals surface area contributed by atoms with Crippen molar-refractivity contribution in [1.82, 2.24) is 14.7 Å². The van der Waals surface area contributed by atoms with Gasteiger partial charge in [-0.15, -0.1) is 0 Å². The van der Waals surface area contributed by atoms with Crippen LogP contribution in [0.25, 0.3) is 0 Å². The molecule has 1 aromatic rings. The van der Waals surface area contributed by atoms with Crippen LogP contribution in [0.5, 0.6) is 0 Å². The number of halogens is 1. The lowest BCUT2D eigenvalue weighted by molar-refractivity contribution is 0.174. The summed E-state index contributed by atoms with van der Waals surface area (Å²) in [5.74, 6) is 0.846. The van der Waals surface area contributed by atoms with E-state index < -0.39 is 0 Å². The van der Waals surface area contributed by atoms with E-state index in [-0.39, 0.29) is 0 Å². The van der Waals surface area contributed by atoms with Gasteiger partial charge in [-0.05, 0) is 51.8 Å². The second kappa shape index (κ2) is 6.20. The molecule has 0 saturated carbocycles.